The van der Waals surface area contributed by atoms with Crippen LogP contribution in [0.5, 0.6) is 0 Å². The third-order valence-electron chi connectivity index (χ3n) is 2.41. The number of nitrogens with two attached hydrogens (primary N) is 1. The first-order chi connectivity index (χ1) is 8.15. The fourth-order valence-electron chi connectivity index (χ4n) is 1.48. The molecule has 0 aromatic heterocycles. The monoisotopic (exact) mass is 310 g/mol. The minimum absolute atomic E-state index is 0.720. The Kier molecular flexibility index (Phi) is 3.92. The average Bonchev–Trinajstić information content (AvgIpc) is 2.32. The van der Waals surface area contributed by atoms with Gasteiger partial charge in [-0.1, -0.05) is 39.7 Å². The van der Waals surface area contributed by atoms with Crippen molar-refractivity contribution >= 4 is 38.9 Å². The van der Waals surface area contributed by atoms with Gasteiger partial charge in [-0.3, -0.25) is 0 Å². The van der Waals surface area contributed by atoms with Gasteiger partial charge in [0.25, 0.3) is 0 Å². The van der Waals surface area contributed by atoms with Crippen LogP contribution in [0.15, 0.2) is 46.9 Å². The predicted octanol–water partition coefficient (Wildman–Crippen LogP) is 4.30. The Hall–Kier alpha value is -1.19. The van der Waals surface area contributed by atoms with Crippen LogP contribution in [0.2, 0.25) is 5.02 Å². The molecule has 0 spiro atoms. The molecule has 0 aliphatic carbocycles. The van der Waals surface area contributed by atoms with Gasteiger partial charge in [-0.2, -0.15) is 0 Å². The number of rotatable bonds is 3. The minimum Gasteiger partial charge on any atom is -0.397 e. The number of nitrogen functional groups attached to an aromatic ring is 1. The summed E-state index contributed by atoms with van der Waals surface area (Å²) >= 11 is 9.25. The molecule has 0 atom stereocenters. The van der Waals surface area contributed by atoms with E-state index in [9.17, 15) is 0 Å². The molecule has 2 aromatic rings. The first-order valence-electron chi connectivity index (χ1n) is 5.18. The molecule has 0 heterocycles. The van der Waals surface area contributed by atoms with Gasteiger partial charge in [0.15, 0.2) is 0 Å². The number of hydrogen-bond donors (Lipinski definition) is 2. The van der Waals surface area contributed by atoms with Crippen molar-refractivity contribution in [1.29, 1.82) is 0 Å². The maximum Gasteiger partial charge on any atom is 0.0587 e. The van der Waals surface area contributed by atoms with Gasteiger partial charge in [0.1, 0.15) is 0 Å². The van der Waals surface area contributed by atoms with Gasteiger partial charge in [-0.25, -0.2) is 0 Å². The van der Waals surface area contributed by atoms with Crippen LogP contribution >= 0.6 is 27.5 Å². The second kappa shape index (κ2) is 5.43. The predicted molar refractivity (Wildman–Crippen MR) is 77.3 cm³/mol. The van der Waals surface area contributed by atoms with E-state index in [1.165, 1.54) is 0 Å². The molecule has 0 saturated carbocycles. The highest BCUT2D eigenvalue weighted by molar-refractivity contribution is 9.10. The average molecular weight is 312 g/mol. The van der Waals surface area contributed by atoms with Crippen molar-refractivity contribution in [2.45, 2.75) is 6.54 Å². The topological polar surface area (TPSA) is 38.0 Å². The molecule has 4 heteroatoms. The molecule has 88 valence electrons. The molecule has 0 saturated heterocycles. The van der Waals surface area contributed by atoms with E-state index in [0.29, 0.717) is 0 Å². The largest absolute Gasteiger partial charge is 0.397 e. The van der Waals surface area contributed by atoms with E-state index in [0.717, 1.165) is 33.0 Å². The summed E-state index contributed by atoms with van der Waals surface area (Å²) in [7, 11) is 0. The first-order valence-corrected chi connectivity index (χ1v) is 6.35. The van der Waals surface area contributed by atoms with Crippen molar-refractivity contribution in [3.8, 4) is 0 Å². The van der Waals surface area contributed by atoms with E-state index in [-0.39, 0.29) is 0 Å². The molecular formula is C13H12BrClN2. The van der Waals surface area contributed by atoms with Gasteiger partial charge < -0.3 is 11.1 Å². The second-order valence-electron chi connectivity index (χ2n) is 3.71. The Morgan fingerprint density at radius 2 is 1.82 bits per heavy atom. The van der Waals surface area contributed by atoms with Crippen LogP contribution in [0.25, 0.3) is 0 Å². The van der Waals surface area contributed by atoms with Crippen molar-refractivity contribution in [3.63, 3.8) is 0 Å². The fourth-order valence-corrected chi connectivity index (χ4v) is 1.97. The van der Waals surface area contributed by atoms with E-state index < -0.39 is 0 Å². The van der Waals surface area contributed by atoms with Gasteiger partial charge >= 0.3 is 0 Å². The zero-order valence-corrected chi connectivity index (χ0v) is 11.4. The molecule has 0 aliphatic rings. The van der Waals surface area contributed by atoms with Gasteiger partial charge in [0.2, 0.25) is 0 Å². The Morgan fingerprint density at radius 3 is 2.53 bits per heavy atom. The smallest absolute Gasteiger partial charge is 0.0587 e. The quantitative estimate of drug-likeness (QED) is 0.830. The molecule has 17 heavy (non-hydrogen) atoms. The summed E-state index contributed by atoms with van der Waals surface area (Å²) in [5, 5.41) is 4.04. The van der Waals surface area contributed by atoms with Crippen LogP contribution in [0.1, 0.15) is 5.56 Å². The van der Waals surface area contributed by atoms with Crippen molar-refractivity contribution in [3.05, 3.63) is 57.5 Å². The van der Waals surface area contributed by atoms with Crippen LogP contribution in [0, 0.1) is 0 Å². The van der Waals surface area contributed by atoms with E-state index in [4.69, 9.17) is 17.3 Å². The highest BCUT2D eigenvalue weighted by atomic mass is 79.9. The zero-order chi connectivity index (χ0) is 12.3. The van der Waals surface area contributed by atoms with Gasteiger partial charge in [0.05, 0.1) is 11.4 Å². The molecule has 0 aliphatic heterocycles. The molecule has 0 bridgehead atoms. The molecule has 3 N–H and O–H groups in total. The van der Waals surface area contributed by atoms with Crippen molar-refractivity contribution in [2.24, 2.45) is 0 Å². The molecule has 0 amide bonds. The molecule has 2 aromatic carbocycles. The highest BCUT2D eigenvalue weighted by Gasteiger charge is 2.00. The van der Waals surface area contributed by atoms with Gasteiger partial charge in [-0.05, 0) is 35.9 Å². The van der Waals surface area contributed by atoms with Gasteiger partial charge in [0, 0.05) is 16.0 Å². The lowest BCUT2D eigenvalue weighted by atomic mass is 10.2. The summed E-state index contributed by atoms with van der Waals surface area (Å²) in [6.07, 6.45) is 0. The molecule has 2 rings (SSSR count). The summed E-state index contributed by atoms with van der Waals surface area (Å²) in [5.41, 5.74) is 8.70. The zero-order valence-electron chi connectivity index (χ0n) is 9.08. The Bertz CT molecular complexity index is 511. The lowest BCUT2D eigenvalue weighted by Crippen LogP contribution is -2.02. The minimum atomic E-state index is 0.720. The molecule has 0 fully saturated rings. The van der Waals surface area contributed by atoms with Gasteiger partial charge in [-0.15, -0.1) is 0 Å². The van der Waals surface area contributed by atoms with Crippen LogP contribution in [-0.2, 0) is 6.54 Å². The van der Waals surface area contributed by atoms with Crippen LogP contribution < -0.4 is 11.1 Å². The second-order valence-corrected chi connectivity index (χ2v) is 5.06. The normalized spacial score (nSPS) is 10.2. The van der Waals surface area contributed by atoms with Crippen LogP contribution in [-0.4, -0.2) is 0 Å². The van der Waals surface area contributed by atoms with E-state index >= 15 is 0 Å². The fraction of sp³-hybridized carbons (Fsp3) is 0.0769. The summed E-state index contributed by atoms with van der Waals surface area (Å²) in [4.78, 5) is 0. The number of benzene rings is 2. The van der Waals surface area contributed by atoms with Crippen LogP contribution in [0.4, 0.5) is 11.4 Å². The van der Waals surface area contributed by atoms with E-state index in [1.54, 1.807) is 0 Å². The summed E-state index contributed by atoms with van der Waals surface area (Å²) in [5.74, 6) is 0. The van der Waals surface area contributed by atoms with Crippen molar-refractivity contribution < 1.29 is 0 Å². The Morgan fingerprint density at radius 1 is 1.12 bits per heavy atom. The van der Waals surface area contributed by atoms with E-state index in [2.05, 4.69) is 21.2 Å². The highest BCUT2D eigenvalue weighted by Crippen LogP contribution is 2.23. The van der Waals surface area contributed by atoms with Crippen molar-refractivity contribution in [2.75, 3.05) is 11.1 Å². The summed E-state index contributed by atoms with van der Waals surface area (Å²) < 4.78 is 1.00. The van der Waals surface area contributed by atoms with Crippen LogP contribution in [0.3, 0.4) is 0 Å². The maximum absolute atomic E-state index is 5.87. The molecule has 2 nitrogen and oxygen atoms in total. The summed E-state index contributed by atoms with van der Waals surface area (Å²) in [6.45, 7) is 0.720. The Labute approximate surface area is 114 Å². The molecule has 0 radical (unpaired) electrons. The van der Waals surface area contributed by atoms with E-state index in [1.807, 2.05) is 42.5 Å². The van der Waals surface area contributed by atoms with Crippen molar-refractivity contribution in [1.82, 2.24) is 0 Å². The lowest BCUT2D eigenvalue weighted by molar-refractivity contribution is 1.15. The Balaban J connectivity index is 2.07. The third kappa shape index (κ3) is 3.38. The summed E-state index contributed by atoms with van der Waals surface area (Å²) in [6, 6.07) is 13.5. The third-order valence-corrected chi connectivity index (χ3v) is 3.16. The SMILES string of the molecule is Nc1ccc(Br)cc1NCc1ccc(Cl)cc1. The maximum atomic E-state index is 5.87. The number of nitrogens with one attached hydrogen (secondary N) is 1. The molecular weight excluding hydrogens is 300 g/mol. The number of halogens is 2. The standard InChI is InChI=1S/C13H12BrClN2/c14-10-3-6-12(16)13(7-10)17-8-9-1-4-11(15)5-2-9/h1-7,17H,8,16H2. The lowest BCUT2D eigenvalue weighted by Gasteiger charge is -2.09. The number of anilines is 2. The molecule has 0 unspecified atom stereocenters. The number of hydrogen-bond acceptors (Lipinski definition) is 2. The first kappa shape index (κ1) is 12.3.